The highest BCUT2D eigenvalue weighted by molar-refractivity contribution is 8.00. The van der Waals surface area contributed by atoms with Crippen molar-refractivity contribution in [3.8, 4) is 23.3 Å². The molecule has 0 unspecified atom stereocenters. The molecule has 39 heavy (non-hydrogen) atoms. The molecule has 0 aliphatic carbocycles. The number of nitrogens with two attached hydrogens (primary N) is 1. The summed E-state index contributed by atoms with van der Waals surface area (Å²) in [5.74, 6) is 0.304. The number of benzene rings is 3. The lowest BCUT2D eigenvalue weighted by molar-refractivity contribution is -0.115. The third-order valence-corrected chi connectivity index (χ3v) is 7.95. The number of nitriles is 2. The molecule has 0 saturated carbocycles. The van der Waals surface area contributed by atoms with Crippen LogP contribution in [0.15, 0.2) is 77.8 Å². The van der Waals surface area contributed by atoms with Crippen molar-refractivity contribution in [3.63, 3.8) is 0 Å². The number of pyridine rings is 1. The molecule has 0 bridgehead atoms. The lowest BCUT2D eigenvalue weighted by Crippen LogP contribution is -2.28. The van der Waals surface area contributed by atoms with Crippen molar-refractivity contribution in [1.82, 2.24) is 4.98 Å². The van der Waals surface area contributed by atoms with Gasteiger partial charge in [-0.2, -0.15) is 10.5 Å². The number of rotatable bonds is 5. The maximum atomic E-state index is 13.8. The van der Waals surface area contributed by atoms with Gasteiger partial charge in [-0.1, -0.05) is 86.3 Å². The van der Waals surface area contributed by atoms with Gasteiger partial charge in [0.25, 0.3) is 0 Å². The summed E-state index contributed by atoms with van der Waals surface area (Å²) in [5, 5.41) is 20.4. The van der Waals surface area contributed by atoms with Gasteiger partial charge < -0.3 is 5.73 Å². The largest absolute Gasteiger partial charge is 0.383 e. The van der Waals surface area contributed by atoms with E-state index in [0.717, 1.165) is 40.9 Å². The lowest BCUT2D eigenvalue weighted by Gasteiger charge is -2.25. The Morgan fingerprint density at radius 1 is 0.923 bits per heavy atom. The standard InChI is InChI=1S/C32H27N5OS/c1-20(2)21-11-15-24(16-12-21)30-25(17-33)31(35)36-32(26(30)18-34)39-19-29(38)37-27-9-5-3-7-22(27)13-14-23-8-4-6-10-28(23)37/h3-12,15-16,20H,13-14,19H2,1-2H3,(H2,35,36). The number of hydrogen-bond acceptors (Lipinski definition) is 6. The molecule has 7 heteroatoms. The third-order valence-electron chi connectivity index (χ3n) is 6.99. The summed E-state index contributed by atoms with van der Waals surface area (Å²) in [5.41, 5.74) is 12.9. The predicted octanol–water partition coefficient (Wildman–Crippen LogP) is 6.75. The van der Waals surface area contributed by atoms with Crippen LogP contribution in [0.4, 0.5) is 17.2 Å². The Hall–Kier alpha value is -4.59. The number of aryl methyl sites for hydroxylation is 2. The van der Waals surface area contributed by atoms with Crippen LogP contribution < -0.4 is 10.6 Å². The van der Waals surface area contributed by atoms with E-state index >= 15 is 0 Å². The van der Waals surface area contributed by atoms with E-state index < -0.39 is 0 Å². The second kappa shape index (κ2) is 11.0. The zero-order chi connectivity index (χ0) is 27.5. The molecule has 1 aliphatic heterocycles. The normalized spacial score (nSPS) is 12.2. The number of fused-ring (bicyclic) bond motifs is 2. The van der Waals surface area contributed by atoms with Crippen LogP contribution in [0.1, 0.15) is 47.6 Å². The monoisotopic (exact) mass is 529 g/mol. The molecule has 0 fully saturated rings. The van der Waals surface area contributed by atoms with Gasteiger partial charge in [-0.3, -0.25) is 9.69 Å². The van der Waals surface area contributed by atoms with E-state index in [4.69, 9.17) is 5.73 Å². The predicted molar refractivity (Wildman–Crippen MR) is 156 cm³/mol. The minimum Gasteiger partial charge on any atom is -0.383 e. The van der Waals surface area contributed by atoms with Gasteiger partial charge in [-0.05, 0) is 53.1 Å². The minimum atomic E-state index is -0.127. The highest BCUT2D eigenvalue weighted by Crippen LogP contribution is 2.39. The first-order chi connectivity index (χ1) is 18.9. The summed E-state index contributed by atoms with van der Waals surface area (Å²) >= 11 is 1.17. The van der Waals surface area contributed by atoms with Gasteiger partial charge in [-0.25, -0.2) is 4.98 Å². The number of hydrogen-bond donors (Lipinski definition) is 1. The summed E-state index contributed by atoms with van der Waals surface area (Å²) in [7, 11) is 0. The van der Waals surface area contributed by atoms with Crippen LogP contribution in [0.25, 0.3) is 11.1 Å². The first kappa shape index (κ1) is 26.0. The van der Waals surface area contributed by atoms with Crippen LogP contribution in [0.5, 0.6) is 0 Å². The van der Waals surface area contributed by atoms with Crippen molar-refractivity contribution >= 4 is 34.9 Å². The molecular weight excluding hydrogens is 502 g/mol. The topological polar surface area (TPSA) is 107 Å². The summed E-state index contributed by atoms with van der Waals surface area (Å²) in [6.45, 7) is 4.21. The van der Waals surface area contributed by atoms with Crippen LogP contribution >= 0.6 is 11.8 Å². The molecule has 1 aromatic heterocycles. The van der Waals surface area contributed by atoms with Gasteiger partial charge in [0, 0.05) is 5.56 Å². The first-order valence-corrected chi connectivity index (χ1v) is 13.8. The zero-order valence-corrected chi connectivity index (χ0v) is 22.6. The Bertz CT molecular complexity index is 1600. The van der Waals surface area contributed by atoms with Crippen LogP contribution in [0, 0.1) is 22.7 Å². The molecule has 2 heterocycles. The summed E-state index contributed by atoms with van der Waals surface area (Å²) < 4.78 is 0. The quantitative estimate of drug-likeness (QED) is 0.287. The molecule has 4 aromatic rings. The molecule has 1 aliphatic rings. The summed E-state index contributed by atoms with van der Waals surface area (Å²) in [6.07, 6.45) is 1.69. The average Bonchev–Trinajstić information content (AvgIpc) is 3.12. The number of carbonyl (C=O) groups is 1. The molecule has 0 saturated heterocycles. The van der Waals surface area contributed by atoms with Crippen LogP contribution in [-0.2, 0) is 17.6 Å². The van der Waals surface area contributed by atoms with Gasteiger partial charge in [0.1, 0.15) is 28.5 Å². The van der Waals surface area contributed by atoms with E-state index in [1.165, 1.54) is 11.8 Å². The van der Waals surface area contributed by atoms with E-state index in [0.29, 0.717) is 22.1 Å². The number of thioether (sulfide) groups is 1. The highest BCUT2D eigenvalue weighted by atomic mass is 32.2. The smallest absolute Gasteiger partial charge is 0.241 e. The molecular formula is C32H27N5OS. The second-order valence-corrected chi connectivity index (χ2v) is 10.7. The number of carbonyl (C=O) groups excluding carboxylic acids is 1. The average molecular weight is 530 g/mol. The molecule has 1 amide bonds. The van der Waals surface area contributed by atoms with Crippen LogP contribution in [0.2, 0.25) is 0 Å². The summed E-state index contributed by atoms with van der Waals surface area (Å²) in [6, 6.07) is 28.0. The van der Waals surface area contributed by atoms with Crippen molar-refractivity contribution in [2.45, 2.75) is 37.6 Å². The van der Waals surface area contributed by atoms with Crippen molar-refractivity contribution in [1.29, 1.82) is 10.5 Å². The van der Waals surface area contributed by atoms with E-state index in [-0.39, 0.29) is 28.6 Å². The van der Waals surface area contributed by atoms with Crippen molar-refractivity contribution in [2.75, 3.05) is 16.4 Å². The number of amides is 1. The van der Waals surface area contributed by atoms with Gasteiger partial charge in [0.15, 0.2) is 0 Å². The molecule has 5 rings (SSSR count). The molecule has 0 spiro atoms. The Morgan fingerprint density at radius 3 is 2.03 bits per heavy atom. The van der Waals surface area contributed by atoms with Crippen molar-refractivity contribution < 1.29 is 4.79 Å². The Labute approximate surface area is 232 Å². The second-order valence-electron chi connectivity index (χ2n) is 9.70. The molecule has 3 aromatic carbocycles. The summed E-state index contributed by atoms with van der Waals surface area (Å²) in [4.78, 5) is 20.0. The Kier molecular flexibility index (Phi) is 7.36. The van der Waals surface area contributed by atoms with Gasteiger partial charge in [-0.15, -0.1) is 0 Å². The lowest BCUT2D eigenvalue weighted by atomic mass is 9.94. The van der Waals surface area contributed by atoms with E-state index in [1.807, 2.05) is 60.7 Å². The van der Waals surface area contributed by atoms with Gasteiger partial charge in [0.2, 0.25) is 5.91 Å². The molecule has 0 radical (unpaired) electrons. The SMILES string of the molecule is CC(C)c1ccc(-c2c(C#N)c(N)nc(SCC(=O)N3c4ccccc4CCc4ccccc43)c2C#N)cc1. The third kappa shape index (κ3) is 4.97. The number of nitrogen functional groups attached to an aromatic ring is 1. The number of aromatic nitrogens is 1. The maximum absolute atomic E-state index is 13.8. The van der Waals surface area contributed by atoms with Crippen LogP contribution in [-0.4, -0.2) is 16.6 Å². The number of nitrogens with zero attached hydrogens (tertiary/aromatic N) is 4. The number of para-hydroxylation sites is 2. The van der Waals surface area contributed by atoms with Crippen molar-refractivity contribution in [3.05, 3.63) is 101 Å². The van der Waals surface area contributed by atoms with Gasteiger partial charge in [0.05, 0.1) is 22.7 Å². The Balaban J connectivity index is 1.52. The van der Waals surface area contributed by atoms with Crippen LogP contribution in [0.3, 0.4) is 0 Å². The Morgan fingerprint density at radius 2 is 1.49 bits per heavy atom. The molecule has 192 valence electrons. The van der Waals surface area contributed by atoms with Gasteiger partial charge >= 0.3 is 0 Å². The van der Waals surface area contributed by atoms with Crippen molar-refractivity contribution in [2.24, 2.45) is 0 Å². The molecule has 6 nitrogen and oxygen atoms in total. The highest BCUT2D eigenvalue weighted by Gasteiger charge is 2.27. The van der Waals surface area contributed by atoms with E-state index in [9.17, 15) is 15.3 Å². The fourth-order valence-electron chi connectivity index (χ4n) is 4.97. The first-order valence-electron chi connectivity index (χ1n) is 12.8. The number of anilines is 3. The molecule has 2 N–H and O–H groups in total. The fraction of sp³-hybridized carbons (Fsp3) is 0.188. The fourth-order valence-corrected chi connectivity index (χ4v) is 5.81. The maximum Gasteiger partial charge on any atom is 0.241 e. The minimum absolute atomic E-state index is 0.0415. The zero-order valence-electron chi connectivity index (χ0n) is 21.8. The van der Waals surface area contributed by atoms with E-state index in [1.54, 1.807) is 4.90 Å². The van der Waals surface area contributed by atoms with E-state index in [2.05, 4.69) is 43.1 Å². The molecule has 0 atom stereocenters.